The van der Waals surface area contributed by atoms with Crippen LogP contribution in [-0.2, 0) is 14.8 Å². The number of aryl methyl sites for hydroxylation is 2. The maximum Gasteiger partial charge on any atom is 0.263 e. The van der Waals surface area contributed by atoms with Crippen LogP contribution in [0.15, 0.2) is 36.4 Å². The van der Waals surface area contributed by atoms with Crippen molar-refractivity contribution in [3.8, 4) is 5.75 Å². The molecule has 0 spiro atoms. The standard InChI is InChI=1S/C20H23ClN2O4S/c1-12-5-6-15(9-13(12)2)14(3)22-20(24)19-11-23(28(4,25)26)17-10-16(21)7-8-18(17)27-19/h5-10,14,19H,11H2,1-4H3,(H,22,24)/t14-,19+/m1/s1. The summed E-state index contributed by atoms with van der Waals surface area (Å²) in [5.74, 6) is -0.0694. The Bertz CT molecular complexity index is 1020. The predicted octanol–water partition coefficient (Wildman–Crippen LogP) is 3.36. The number of hydrogen-bond donors (Lipinski definition) is 1. The minimum absolute atomic E-state index is 0.113. The van der Waals surface area contributed by atoms with Crippen molar-refractivity contribution in [3.63, 3.8) is 0 Å². The number of carbonyl (C=O) groups is 1. The monoisotopic (exact) mass is 422 g/mol. The molecule has 2 atom stereocenters. The second kappa shape index (κ2) is 7.64. The SMILES string of the molecule is Cc1ccc([C@@H](C)NC(=O)[C@@H]2CN(S(C)(=O)=O)c3cc(Cl)ccc3O2)cc1C. The number of benzene rings is 2. The summed E-state index contributed by atoms with van der Waals surface area (Å²) in [7, 11) is -3.60. The van der Waals surface area contributed by atoms with E-state index >= 15 is 0 Å². The summed E-state index contributed by atoms with van der Waals surface area (Å²) in [5.41, 5.74) is 3.62. The van der Waals surface area contributed by atoms with Crippen molar-refractivity contribution >= 4 is 33.2 Å². The number of halogens is 1. The van der Waals surface area contributed by atoms with Gasteiger partial charge in [-0.3, -0.25) is 9.10 Å². The summed E-state index contributed by atoms with van der Waals surface area (Å²) < 4.78 is 31.4. The molecule has 0 fully saturated rings. The number of hydrogen-bond acceptors (Lipinski definition) is 4. The first-order valence-corrected chi connectivity index (χ1v) is 11.1. The van der Waals surface area contributed by atoms with E-state index in [2.05, 4.69) is 5.32 Å². The fourth-order valence-corrected chi connectivity index (χ4v) is 4.17. The lowest BCUT2D eigenvalue weighted by molar-refractivity contribution is -0.128. The van der Waals surface area contributed by atoms with E-state index in [0.717, 1.165) is 21.7 Å². The maximum absolute atomic E-state index is 12.8. The summed E-state index contributed by atoms with van der Waals surface area (Å²) in [5, 5.41) is 3.31. The fourth-order valence-electron chi connectivity index (χ4n) is 3.10. The van der Waals surface area contributed by atoms with Crippen LogP contribution in [0, 0.1) is 13.8 Å². The van der Waals surface area contributed by atoms with Gasteiger partial charge >= 0.3 is 0 Å². The van der Waals surface area contributed by atoms with Crippen molar-refractivity contribution < 1.29 is 17.9 Å². The molecule has 1 amide bonds. The Labute approximate surface area is 170 Å². The second-order valence-corrected chi connectivity index (χ2v) is 9.43. The van der Waals surface area contributed by atoms with Crippen LogP contribution in [0.2, 0.25) is 5.02 Å². The Morgan fingerprint density at radius 3 is 2.57 bits per heavy atom. The van der Waals surface area contributed by atoms with Gasteiger partial charge in [-0.25, -0.2) is 8.42 Å². The Morgan fingerprint density at radius 1 is 1.21 bits per heavy atom. The second-order valence-electron chi connectivity index (χ2n) is 7.09. The number of rotatable bonds is 4. The third-order valence-electron chi connectivity index (χ3n) is 4.87. The average Bonchev–Trinajstić information content (AvgIpc) is 2.62. The molecule has 6 nitrogen and oxygen atoms in total. The molecule has 1 N–H and O–H groups in total. The third kappa shape index (κ3) is 4.25. The molecule has 0 radical (unpaired) electrons. The highest BCUT2D eigenvalue weighted by Gasteiger charge is 2.35. The van der Waals surface area contributed by atoms with E-state index in [1.165, 1.54) is 11.6 Å². The highest BCUT2D eigenvalue weighted by Crippen LogP contribution is 2.37. The van der Waals surface area contributed by atoms with Gasteiger partial charge in [-0.05, 0) is 55.7 Å². The molecule has 150 valence electrons. The van der Waals surface area contributed by atoms with Crippen molar-refractivity contribution in [3.05, 3.63) is 58.1 Å². The zero-order chi connectivity index (χ0) is 20.6. The molecule has 1 aliphatic rings. The van der Waals surface area contributed by atoms with Gasteiger partial charge in [-0.15, -0.1) is 0 Å². The minimum Gasteiger partial charge on any atom is -0.476 e. The molecule has 28 heavy (non-hydrogen) atoms. The Balaban J connectivity index is 1.82. The van der Waals surface area contributed by atoms with Gasteiger partial charge in [0.2, 0.25) is 10.0 Å². The van der Waals surface area contributed by atoms with Gasteiger partial charge in [0.15, 0.2) is 6.10 Å². The maximum atomic E-state index is 12.8. The van der Waals surface area contributed by atoms with Crippen molar-refractivity contribution in [2.24, 2.45) is 0 Å². The molecular weight excluding hydrogens is 400 g/mol. The molecule has 0 bridgehead atoms. The van der Waals surface area contributed by atoms with E-state index in [1.807, 2.05) is 39.0 Å². The molecule has 0 unspecified atom stereocenters. The first-order valence-electron chi connectivity index (χ1n) is 8.87. The van der Waals surface area contributed by atoms with E-state index in [4.69, 9.17) is 16.3 Å². The Kier molecular flexibility index (Phi) is 5.59. The summed E-state index contributed by atoms with van der Waals surface area (Å²) in [6.45, 7) is 5.82. The normalized spacial score (nSPS) is 17.5. The molecule has 1 heterocycles. The highest BCUT2D eigenvalue weighted by molar-refractivity contribution is 7.92. The van der Waals surface area contributed by atoms with Gasteiger partial charge < -0.3 is 10.1 Å². The molecule has 2 aromatic carbocycles. The number of fused-ring (bicyclic) bond motifs is 1. The van der Waals surface area contributed by atoms with Gasteiger partial charge in [0.05, 0.1) is 24.5 Å². The van der Waals surface area contributed by atoms with Crippen LogP contribution < -0.4 is 14.4 Å². The quantitative estimate of drug-likeness (QED) is 0.819. The number of anilines is 1. The molecular formula is C20H23ClN2O4S. The van der Waals surface area contributed by atoms with Crippen LogP contribution in [0.1, 0.15) is 29.7 Å². The smallest absolute Gasteiger partial charge is 0.263 e. The van der Waals surface area contributed by atoms with Crippen LogP contribution in [0.5, 0.6) is 5.75 Å². The Morgan fingerprint density at radius 2 is 1.93 bits per heavy atom. The first kappa shape index (κ1) is 20.5. The van der Waals surface area contributed by atoms with Crippen molar-refractivity contribution in [2.45, 2.75) is 32.9 Å². The Hall–Kier alpha value is -2.25. The molecule has 0 saturated heterocycles. The summed E-state index contributed by atoms with van der Waals surface area (Å²) in [6.07, 6.45) is 0.132. The van der Waals surface area contributed by atoms with E-state index in [9.17, 15) is 13.2 Å². The van der Waals surface area contributed by atoms with Gasteiger partial charge in [0, 0.05) is 5.02 Å². The largest absolute Gasteiger partial charge is 0.476 e. The molecule has 0 saturated carbocycles. The molecule has 1 aliphatic heterocycles. The van der Waals surface area contributed by atoms with Crippen molar-refractivity contribution in [1.82, 2.24) is 5.32 Å². The number of sulfonamides is 1. The van der Waals surface area contributed by atoms with Crippen molar-refractivity contribution in [1.29, 1.82) is 0 Å². The lowest BCUT2D eigenvalue weighted by Gasteiger charge is -2.34. The molecule has 0 aliphatic carbocycles. The van der Waals surface area contributed by atoms with E-state index < -0.39 is 16.1 Å². The van der Waals surface area contributed by atoms with Crippen LogP contribution in [0.25, 0.3) is 0 Å². The molecule has 2 aromatic rings. The first-order chi connectivity index (χ1) is 13.1. The van der Waals surface area contributed by atoms with E-state index in [-0.39, 0.29) is 18.5 Å². The van der Waals surface area contributed by atoms with Crippen LogP contribution in [-0.4, -0.2) is 33.2 Å². The zero-order valence-corrected chi connectivity index (χ0v) is 17.8. The number of amides is 1. The summed E-state index contributed by atoms with van der Waals surface area (Å²) >= 11 is 6.00. The molecule has 8 heteroatoms. The number of nitrogens with one attached hydrogen (secondary N) is 1. The fraction of sp³-hybridized carbons (Fsp3) is 0.350. The topological polar surface area (TPSA) is 75.7 Å². The lowest BCUT2D eigenvalue weighted by Crippen LogP contribution is -2.50. The minimum atomic E-state index is -3.60. The predicted molar refractivity (Wildman–Crippen MR) is 111 cm³/mol. The number of carbonyl (C=O) groups excluding carboxylic acids is 1. The van der Waals surface area contributed by atoms with E-state index in [0.29, 0.717) is 16.5 Å². The summed E-state index contributed by atoms with van der Waals surface area (Å²) in [6, 6.07) is 10.5. The van der Waals surface area contributed by atoms with Gasteiger partial charge in [-0.1, -0.05) is 29.8 Å². The average molecular weight is 423 g/mol. The third-order valence-corrected chi connectivity index (χ3v) is 6.25. The van der Waals surface area contributed by atoms with Gasteiger partial charge in [-0.2, -0.15) is 0 Å². The highest BCUT2D eigenvalue weighted by atomic mass is 35.5. The number of nitrogens with zero attached hydrogens (tertiary/aromatic N) is 1. The van der Waals surface area contributed by atoms with Crippen LogP contribution >= 0.6 is 11.6 Å². The van der Waals surface area contributed by atoms with Crippen LogP contribution in [0.4, 0.5) is 5.69 Å². The van der Waals surface area contributed by atoms with E-state index in [1.54, 1.807) is 12.1 Å². The van der Waals surface area contributed by atoms with Gasteiger partial charge in [0.25, 0.3) is 5.91 Å². The van der Waals surface area contributed by atoms with Gasteiger partial charge in [0.1, 0.15) is 5.75 Å². The van der Waals surface area contributed by atoms with Crippen molar-refractivity contribution in [2.75, 3.05) is 17.1 Å². The molecule has 3 rings (SSSR count). The summed E-state index contributed by atoms with van der Waals surface area (Å²) in [4.78, 5) is 12.8. The van der Waals surface area contributed by atoms with Crippen LogP contribution in [0.3, 0.4) is 0 Å². The lowest BCUT2D eigenvalue weighted by atomic mass is 10.0. The molecule has 0 aromatic heterocycles. The number of ether oxygens (including phenoxy) is 1. The zero-order valence-electron chi connectivity index (χ0n) is 16.2.